The van der Waals surface area contributed by atoms with Crippen molar-refractivity contribution >= 4 is 10.0 Å². The summed E-state index contributed by atoms with van der Waals surface area (Å²) in [5.74, 6) is 0.806. The Labute approximate surface area is 119 Å². The summed E-state index contributed by atoms with van der Waals surface area (Å²) < 4.78 is 32.5. The first kappa shape index (κ1) is 13.9. The molecule has 110 valence electrons. The quantitative estimate of drug-likeness (QED) is 0.904. The van der Waals surface area contributed by atoms with Crippen LogP contribution in [0.3, 0.4) is 0 Å². The summed E-state index contributed by atoms with van der Waals surface area (Å²) in [6.07, 6.45) is 2.55. The molecule has 2 heterocycles. The number of sulfonamides is 1. The summed E-state index contributed by atoms with van der Waals surface area (Å²) in [5, 5.41) is 0. The third kappa shape index (κ3) is 2.21. The molecule has 1 saturated heterocycles. The number of hydrogen-bond donors (Lipinski definition) is 1. The fraction of sp³-hybridized carbons (Fsp3) is 0.571. The molecule has 0 saturated carbocycles. The number of aryl methyl sites for hydroxylation is 1. The van der Waals surface area contributed by atoms with Crippen LogP contribution in [-0.2, 0) is 16.4 Å². The Morgan fingerprint density at radius 3 is 2.70 bits per heavy atom. The van der Waals surface area contributed by atoms with E-state index in [0.29, 0.717) is 31.0 Å². The van der Waals surface area contributed by atoms with Gasteiger partial charge in [-0.05, 0) is 43.0 Å². The van der Waals surface area contributed by atoms with Crippen LogP contribution in [0.15, 0.2) is 17.0 Å². The lowest BCUT2D eigenvalue weighted by Crippen LogP contribution is -2.28. The van der Waals surface area contributed by atoms with Gasteiger partial charge in [-0.25, -0.2) is 8.42 Å². The highest BCUT2D eigenvalue weighted by atomic mass is 32.2. The van der Waals surface area contributed by atoms with Gasteiger partial charge in [-0.1, -0.05) is 0 Å². The minimum atomic E-state index is -3.36. The highest BCUT2D eigenvalue weighted by molar-refractivity contribution is 7.89. The van der Waals surface area contributed by atoms with E-state index in [4.69, 9.17) is 10.5 Å². The standard InChI is InChI=1S/C14H20N2O3S/c1-10-6-13(20(17,18)16-4-2-3-5-16)8-11-7-12(9-15)19-14(10)11/h6,8,12H,2-5,7,9,15H2,1H3. The normalized spacial score (nSPS) is 22.8. The van der Waals surface area contributed by atoms with Gasteiger partial charge in [0.05, 0.1) is 4.90 Å². The number of nitrogens with zero attached hydrogens (tertiary/aromatic N) is 1. The Hall–Kier alpha value is -1.11. The molecule has 0 radical (unpaired) electrons. The van der Waals surface area contributed by atoms with Gasteiger partial charge in [-0.2, -0.15) is 4.31 Å². The van der Waals surface area contributed by atoms with E-state index < -0.39 is 10.0 Å². The average Bonchev–Trinajstić information content (AvgIpc) is 3.07. The second kappa shape index (κ2) is 5.02. The molecule has 1 unspecified atom stereocenters. The van der Waals surface area contributed by atoms with Crippen molar-refractivity contribution in [2.24, 2.45) is 5.73 Å². The van der Waals surface area contributed by atoms with Gasteiger partial charge in [0.25, 0.3) is 0 Å². The molecule has 1 aromatic carbocycles. The van der Waals surface area contributed by atoms with E-state index in [1.54, 1.807) is 16.4 Å². The summed E-state index contributed by atoms with van der Waals surface area (Å²) in [6, 6.07) is 3.47. The third-order valence-electron chi connectivity index (χ3n) is 4.02. The zero-order chi connectivity index (χ0) is 14.3. The van der Waals surface area contributed by atoms with Crippen LogP contribution in [0.25, 0.3) is 0 Å². The highest BCUT2D eigenvalue weighted by Crippen LogP contribution is 2.35. The van der Waals surface area contributed by atoms with Crippen molar-refractivity contribution in [1.82, 2.24) is 4.31 Å². The first-order valence-corrected chi connectivity index (χ1v) is 8.47. The van der Waals surface area contributed by atoms with Gasteiger partial charge < -0.3 is 10.5 Å². The van der Waals surface area contributed by atoms with Crippen LogP contribution in [0.1, 0.15) is 24.0 Å². The zero-order valence-corrected chi connectivity index (χ0v) is 12.4. The summed E-state index contributed by atoms with van der Waals surface area (Å²) in [5.41, 5.74) is 7.46. The molecule has 0 amide bonds. The van der Waals surface area contributed by atoms with Crippen molar-refractivity contribution in [2.75, 3.05) is 19.6 Å². The zero-order valence-electron chi connectivity index (χ0n) is 11.6. The molecule has 2 aliphatic rings. The maximum absolute atomic E-state index is 12.6. The van der Waals surface area contributed by atoms with Gasteiger partial charge >= 0.3 is 0 Å². The SMILES string of the molecule is Cc1cc(S(=O)(=O)N2CCCC2)cc2c1OC(CN)C2. The number of nitrogens with two attached hydrogens (primary N) is 1. The number of ether oxygens (including phenoxy) is 1. The van der Waals surface area contributed by atoms with Crippen molar-refractivity contribution < 1.29 is 13.2 Å². The van der Waals surface area contributed by atoms with E-state index in [-0.39, 0.29) is 6.10 Å². The Morgan fingerprint density at radius 2 is 2.05 bits per heavy atom. The molecular weight excluding hydrogens is 276 g/mol. The Balaban J connectivity index is 1.99. The van der Waals surface area contributed by atoms with Crippen molar-refractivity contribution in [1.29, 1.82) is 0 Å². The molecule has 1 fully saturated rings. The first-order chi connectivity index (χ1) is 9.52. The summed E-state index contributed by atoms with van der Waals surface area (Å²) >= 11 is 0. The molecule has 0 bridgehead atoms. The maximum atomic E-state index is 12.6. The molecule has 2 aliphatic heterocycles. The lowest BCUT2D eigenvalue weighted by Gasteiger charge is -2.16. The van der Waals surface area contributed by atoms with E-state index in [1.807, 2.05) is 6.92 Å². The number of fused-ring (bicyclic) bond motifs is 1. The van der Waals surface area contributed by atoms with Gasteiger partial charge in [0.2, 0.25) is 10.0 Å². The van der Waals surface area contributed by atoms with Gasteiger partial charge in [0.15, 0.2) is 0 Å². The second-order valence-electron chi connectivity index (χ2n) is 5.52. The monoisotopic (exact) mass is 296 g/mol. The van der Waals surface area contributed by atoms with Gasteiger partial charge in [0.1, 0.15) is 11.9 Å². The fourth-order valence-corrected chi connectivity index (χ4v) is 4.60. The minimum Gasteiger partial charge on any atom is -0.488 e. The average molecular weight is 296 g/mol. The summed E-state index contributed by atoms with van der Waals surface area (Å²) in [4.78, 5) is 0.386. The van der Waals surface area contributed by atoms with Gasteiger partial charge in [-0.3, -0.25) is 0 Å². The predicted molar refractivity (Wildman–Crippen MR) is 76.3 cm³/mol. The first-order valence-electron chi connectivity index (χ1n) is 7.03. The lowest BCUT2D eigenvalue weighted by atomic mass is 10.1. The van der Waals surface area contributed by atoms with Crippen molar-refractivity contribution in [2.45, 2.75) is 37.2 Å². The van der Waals surface area contributed by atoms with Crippen LogP contribution < -0.4 is 10.5 Å². The van der Waals surface area contributed by atoms with Crippen LogP contribution in [0.5, 0.6) is 5.75 Å². The summed E-state index contributed by atoms with van der Waals surface area (Å²) in [6.45, 7) is 3.59. The Kier molecular flexibility index (Phi) is 3.48. The van der Waals surface area contributed by atoms with Gasteiger partial charge in [-0.15, -0.1) is 0 Å². The molecular formula is C14H20N2O3S. The van der Waals surface area contributed by atoms with E-state index in [0.717, 1.165) is 29.7 Å². The molecule has 2 N–H and O–H groups in total. The smallest absolute Gasteiger partial charge is 0.243 e. The van der Waals surface area contributed by atoms with Crippen LogP contribution >= 0.6 is 0 Å². The molecule has 6 heteroatoms. The third-order valence-corrected chi connectivity index (χ3v) is 5.90. The second-order valence-corrected chi connectivity index (χ2v) is 7.46. The summed E-state index contributed by atoms with van der Waals surface area (Å²) in [7, 11) is -3.36. The lowest BCUT2D eigenvalue weighted by molar-refractivity contribution is 0.240. The van der Waals surface area contributed by atoms with Crippen LogP contribution in [0.2, 0.25) is 0 Å². The van der Waals surface area contributed by atoms with Crippen molar-refractivity contribution in [3.63, 3.8) is 0 Å². The molecule has 1 atom stereocenters. The minimum absolute atomic E-state index is 0.0339. The molecule has 3 rings (SSSR count). The molecule has 20 heavy (non-hydrogen) atoms. The number of hydrogen-bond acceptors (Lipinski definition) is 4. The van der Waals surface area contributed by atoms with Gasteiger partial charge in [0, 0.05) is 26.1 Å². The number of rotatable bonds is 3. The highest BCUT2D eigenvalue weighted by Gasteiger charge is 2.31. The number of benzene rings is 1. The Bertz CT molecular complexity index is 622. The predicted octanol–water partition coefficient (Wildman–Crippen LogP) is 1.04. The topological polar surface area (TPSA) is 72.6 Å². The maximum Gasteiger partial charge on any atom is 0.243 e. The van der Waals surface area contributed by atoms with E-state index in [1.165, 1.54) is 0 Å². The molecule has 0 aliphatic carbocycles. The largest absolute Gasteiger partial charge is 0.488 e. The van der Waals surface area contributed by atoms with Crippen LogP contribution in [0, 0.1) is 6.92 Å². The van der Waals surface area contributed by atoms with E-state index in [2.05, 4.69) is 0 Å². The van der Waals surface area contributed by atoms with E-state index >= 15 is 0 Å². The molecule has 1 aromatic rings. The van der Waals surface area contributed by atoms with Crippen LogP contribution in [-0.4, -0.2) is 38.5 Å². The Morgan fingerprint density at radius 1 is 1.35 bits per heavy atom. The van der Waals surface area contributed by atoms with E-state index in [9.17, 15) is 8.42 Å². The van der Waals surface area contributed by atoms with Crippen LogP contribution in [0.4, 0.5) is 0 Å². The molecule has 0 spiro atoms. The molecule has 5 nitrogen and oxygen atoms in total. The van der Waals surface area contributed by atoms with Crippen molar-refractivity contribution in [3.05, 3.63) is 23.3 Å². The fourth-order valence-electron chi connectivity index (χ4n) is 2.94. The van der Waals surface area contributed by atoms with Crippen molar-refractivity contribution in [3.8, 4) is 5.75 Å². The molecule has 0 aromatic heterocycles.